The number of hydrogen-bond acceptors (Lipinski definition) is 1. The summed E-state index contributed by atoms with van der Waals surface area (Å²) in [5.74, 6) is 0.572. The van der Waals surface area contributed by atoms with Gasteiger partial charge in [0.25, 0.3) is 0 Å². The largest absolute Gasteiger partial charge is 0.416 e. The Morgan fingerprint density at radius 2 is 1.75 bits per heavy atom. The van der Waals surface area contributed by atoms with Crippen LogP contribution in [0.3, 0.4) is 0 Å². The van der Waals surface area contributed by atoms with E-state index in [-0.39, 0.29) is 6.04 Å². The minimum atomic E-state index is -4.25. The van der Waals surface area contributed by atoms with Crippen LogP contribution in [0.1, 0.15) is 24.0 Å². The summed E-state index contributed by atoms with van der Waals surface area (Å²) in [4.78, 5) is 0. The quantitative estimate of drug-likeness (QED) is 0.847. The van der Waals surface area contributed by atoms with E-state index in [2.05, 4.69) is 0 Å². The van der Waals surface area contributed by atoms with Crippen molar-refractivity contribution in [1.82, 2.24) is 0 Å². The Balaban J connectivity index is 2.01. The van der Waals surface area contributed by atoms with Gasteiger partial charge in [0, 0.05) is 6.04 Å². The van der Waals surface area contributed by atoms with Crippen molar-refractivity contribution in [3.8, 4) is 0 Å². The van der Waals surface area contributed by atoms with Gasteiger partial charge in [-0.25, -0.2) is 0 Å². The summed E-state index contributed by atoms with van der Waals surface area (Å²) in [6.45, 7) is 0. The molecule has 0 spiro atoms. The van der Waals surface area contributed by atoms with Crippen molar-refractivity contribution in [3.05, 3.63) is 35.4 Å². The fourth-order valence-electron chi connectivity index (χ4n) is 1.79. The van der Waals surface area contributed by atoms with Crippen molar-refractivity contribution in [2.75, 3.05) is 0 Å². The smallest absolute Gasteiger partial charge is 0.327 e. The summed E-state index contributed by atoms with van der Waals surface area (Å²) < 4.78 is 36.9. The zero-order valence-electron chi connectivity index (χ0n) is 8.80. The maximum absolute atomic E-state index is 12.3. The molecular formula is C12H14F3N. The predicted octanol–water partition coefficient (Wildman–Crippen LogP) is 2.99. The first-order chi connectivity index (χ1) is 7.47. The molecule has 1 nitrogen and oxygen atoms in total. The molecule has 1 aromatic carbocycles. The maximum atomic E-state index is 12.3. The lowest BCUT2D eigenvalue weighted by Gasteiger charge is -2.11. The fourth-order valence-corrected chi connectivity index (χ4v) is 1.79. The van der Waals surface area contributed by atoms with E-state index in [9.17, 15) is 13.2 Å². The molecule has 0 heterocycles. The Kier molecular flexibility index (Phi) is 2.93. The van der Waals surface area contributed by atoms with E-state index in [0.717, 1.165) is 30.5 Å². The first-order valence-corrected chi connectivity index (χ1v) is 5.38. The second-order valence-electron chi connectivity index (χ2n) is 4.40. The van der Waals surface area contributed by atoms with Gasteiger partial charge in [0.2, 0.25) is 0 Å². The van der Waals surface area contributed by atoms with Gasteiger partial charge in [-0.1, -0.05) is 12.1 Å². The molecule has 0 aromatic heterocycles. The molecule has 1 aromatic rings. The average Bonchev–Trinajstić information content (AvgIpc) is 3.00. The molecule has 88 valence electrons. The van der Waals surface area contributed by atoms with E-state index in [1.165, 1.54) is 12.1 Å². The van der Waals surface area contributed by atoms with Gasteiger partial charge in [-0.05, 0) is 42.9 Å². The van der Waals surface area contributed by atoms with Gasteiger partial charge in [-0.2, -0.15) is 13.2 Å². The normalized spacial score (nSPS) is 18.5. The number of nitrogens with two attached hydrogens (primary N) is 1. The van der Waals surface area contributed by atoms with Gasteiger partial charge < -0.3 is 5.73 Å². The van der Waals surface area contributed by atoms with Crippen LogP contribution in [0, 0.1) is 5.92 Å². The molecule has 1 aliphatic rings. The maximum Gasteiger partial charge on any atom is 0.416 e. The summed E-state index contributed by atoms with van der Waals surface area (Å²) in [5, 5.41) is 0. The van der Waals surface area contributed by atoms with E-state index in [4.69, 9.17) is 5.73 Å². The third-order valence-electron chi connectivity index (χ3n) is 2.98. The zero-order valence-corrected chi connectivity index (χ0v) is 8.80. The third-order valence-corrected chi connectivity index (χ3v) is 2.98. The molecule has 1 fully saturated rings. The van der Waals surface area contributed by atoms with Crippen LogP contribution in [0.25, 0.3) is 0 Å². The van der Waals surface area contributed by atoms with Crippen molar-refractivity contribution in [1.29, 1.82) is 0 Å². The highest BCUT2D eigenvalue weighted by atomic mass is 19.4. The molecule has 0 amide bonds. The van der Waals surface area contributed by atoms with Crippen LogP contribution in [-0.4, -0.2) is 6.04 Å². The predicted molar refractivity (Wildman–Crippen MR) is 55.8 cm³/mol. The summed E-state index contributed by atoms with van der Waals surface area (Å²) >= 11 is 0. The van der Waals surface area contributed by atoms with Gasteiger partial charge in [-0.15, -0.1) is 0 Å². The van der Waals surface area contributed by atoms with E-state index in [0.29, 0.717) is 12.3 Å². The zero-order chi connectivity index (χ0) is 11.8. The van der Waals surface area contributed by atoms with Crippen LogP contribution in [0.5, 0.6) is 0 Å². The standard InChI is InChI=1S/C12H14F3N/c13-12(14,15)10-5-1-8(2-6-10)7-11(16)9-3-4-9/h1-2,5-6,9,11H,3-4,7,16H2. The first kappa shape index (κ1) is 11.5. The Bertz CT molecular complexity index is 352. The van der Waals surface area contributed by atoms with Crippen LogP contribution in [0.2, 0.25) is 0 Å². The van der Waals surface area contributed by atoms with Crippen molar-refractivity contribution >= 4 is 0 Å². The highest BCUT2D eigenvalue weighted by molar-refractivity contribution is 5.25. The van der Waals surface area contributed by atoms with Gasteiger partial charge in [0.05, 0.1) is 5.56 Å². The summed E-state index contributed by atoms with van der Waals surface area (Å²) in [7, 11) is 0. The van der Waals surface area contributed by atoms with E-state index >= 15 is 0 Å². The van der Waals surface area contributed by atoms with Gasteiger partial charge in [0.1, 0.15) is 0 Å². The molecule has 2 rings (SSSR count). The van der Waals surface area contributed by atoms with Crippen LogP contribution in [0.4, 0.5) is 13.2 Å². The average molecular weight is 229 g/mol. The van der Waals surface area contributed by atoms with Crippen molar-refractivity contribution < 1.29 is 13.2 Å². The lowest BCUT2D eigenvalue weighted by Crippen LogP contribution is -2.25. The molecule has 1 saturated carbocycles. The lowest BCUT2D eigenvalue weighted by molar-refractivity contribution is -0.137. The number of rotatable bonds is 3. The molecule has 1 atom stereocenters. The Labute approximate surface area is 92.5 Å². The molecule has 0 aliphatic heterocycles. The molecule has 16 heavy (non-hydrogen) atoms. The Morgan fingerprint density at radius 3 is 2.19 bits per heavy atom. The lowest BCUT2D eigenvalue weighted by atomic mass is 10.0. The van der Waals surface area contributed by atoms with Gasteiger partial charge in [0.15, 0.2) is 0 Å². The van der Waals surface area contributed by atoms with E-state index in [1.54, 1.807) is 0 Å². The number of halogens is 3. The van der Waals surface area contributed by atoms with Crippen molar-refractivity contribution in [2.45, 2.75) is 31.5 Å². The number of alkyl halides is 3. The second-order valence-corrected chi connectivity index (χ2v) is 4.40. The monoisotopic (exact) mass is 229 g/mol. The summed E-state index contributed by atoms with van der Waals surface area (Å²) in [5.41, 5.74) is 6.19. The number of hydrogen-bond donors (Lipinski definition) is 1. The molecule has 1 aliphatic carbocycles. The molecule has 2 N–H and O–H groups in total. The number of benzene rings is 1. The topological polar surface area (TPSA) is 26.0 Å². The molecule has 0 bridgehead atoms. The van der Waals surface area contributed by atoms with Crippen LogP contribution in [0.15, 0.2) is 24.3 Å². The molecular weight excluding hydrogens is 215 g/mol. The van der Waals surface area contributed by atoms with Crippen molar-refractivity contribution in [2.24, 2.45) is 11.7 Å². The summed E-state index contributed by atoms with van der Waals surface area (Å²) in [6, 6.07) is 5.37. The molecule has 0 radical (unpaired) electrons. The first-order valence-electron chi connectivity index (χ1n) is 5.38. The van der Waals surface area contributed by atoms with Gasteiger partial charge in [-0.3, -0.25) is 0 Å². The fraction of sp³-hybridized carbons (Fsp3) is 0.500. The minimum absolute atomic E-state index is 0.0942. The van der Waals surface area contributed by atoms with Crippen molar-refractivity contribution in [3.63, 3.8) is 0 Å². The van der Waals surface area contributed by atoms with Crippen LogP contribution in [-0.2, 0) is 12.6 Å². The van der Waals surface area contributed by atoms with E-state index < -0.39 is 11.7 Å². The third kappa shape index (κ3) is 2.76. The van der Waals surface area contributed by atoms with E-state index in [1.807, 2.05) is 0 Å². The van der Waals surface area contributed by atoms with Gasteiger partial charge >= 0.3 is 6.18 Å². The Hall–Kier alpha value is -1.03. The minimum Gasteiger partial charge on any atom is -0.327 e. The highest BCUT2D eigenvalue weighted by Crippen LogP contribution is 2.33. The molecule has 4 heteroatoms. The van der Waals surface area contributed by atoms with Crippen LogP contribution < -0.4 is 5.73 Å². The summed E-state index contributed by atoms with van der Waals surface area (Å²) in [6.07, 6.45) is -1.27. The molecule has 1 unspecified atom stereocenters. The SMILES string of the molecule is NC(Cc1ccc(C(F)(F)F)cc1)C1CC1. The van der Waals surface area contributed by atoms with Crippen LogP contribution >= 0.6 is 0 Å². The highest BCUT2D eigenvalue weighted by Gasteiger charge is 2.31. The second kappa shape index (κ2) is 4.09. The molecule has 0 saturated heterocycles. The Morgan fingerprint density at radius 1 is 1.19 bits per heavy atom.